The molecule has 0 amide bonds. The Morgan fingerprint density at radius 1 is 1.45 bits per heavy atom. The molecule has 0 bridgehead atoms. The van der Waals surface area contributed by atoms with Crippen molar-refractivity contribution in [2.24, 2.45) is 0 Å². The Hall–Kier alpha value is -2.09. The summed E-state index contributed by atoms with van der Waals surface area (Å²) in [5, 5.41) is 7.55. The van der Waals surface area contributed by atoms with Crippen LogP contribution in [0.4, 0.5) is 4.39 Å². The Kier molecular flexibility index (Phi) is 4.23. The van der Waals surface area contributed by atoms with Crippen molar-refractivity contribution in [3.05, 3.63) is 30.1 Å². The van der Waals surface area contributed by atoms with Crippen LogP contribution in [0.3, 0.4) is 0 Å². The van der Waals surface area contributed by atoms with Crippen molar-refractivity contribution < 1.29 is 13.9 Å². The van der Waals surface area contributed by atoms with E-state index in [0.717, 1.165) is 16.4 Å². The van der Waals surface area contributed by atoms with Gasteiger partial charge in [-0.25, -0.2) is 9.07 Å². The fraction of sp³-hybridized carbons (Fsp3) is 0.250. The number of halogens is 1. The molecule has 0 radical (unpaired) electrons. The maximum Gasteiger partial charge on any atom is 0.318 e. The van der Waals surface area contributed by atoms with Crippen LogP contribution in [0, 0.1) is 5.82 Å². The van der Waals surface area contributed by atoms with Crippen LogP contribution in [0.15, 0.2) is 29.4 Å². The zero-order valence-electron chi connectivity index (χ0n) is 10.9. The number of nitrogen functional groups attached to an aromatic ring is 1. The molecular weight excluding hydrogens is 283 g/mol. The van der Waals surface area contributed by atoms with E-state index >= 15 is 0 Å². The van der Waals surface area contributed by atoms with Gasteiger partial charge >= 0.3 is 5.97 Å². The Balaban J connectivity index is 2.28. The van der Waals surface area contributed by atoms with Gasteiger partial charge in [-0.3, -0.25) is 4.79 Å². The molecular formula is C12H13FN4O2S. The average molecular weight is 296 g/mol. The summed E-state index contributed by atoms with van der Waals surface area (Å²) in [5.74, 6) is 5.20. The van der Waals surface area contributed by atoms with Crippen molar-refractivity contribution in [2.45, 2.75) is 17.3 Å². The number of methoxy groups -OCH3 is 1. The molecule has 106 valence electrons. The van der Waals surface area contributed by atoms with Crippen LogP contribution in [0.2, 0.25) is 0 Å². The molecule has 1 aromatic heterocycles. The van der Waals surface area contributed by atoms with Gasteiger partial charge in [0.05, 0.1) is 12.7 Å². The van der Waals surface area contributed by atoms with E-state index < -0.39 is 17.0 Å². The second-order valence-electron chi connectivity index (χ2n) is 3.94. The SMILES string of the molecule is COC(=O)[C@@H](C)Sc1nnc(-c2ccccc2F)n1N. The average Bonchev–Trinajstić information content (AvgIpc) is 2.80. The molecule has 0 unspecified atom stereocenters. The third-order valence-electron chi connectivity index (χ3n) is 2.59. The summed E-state index contributed by atoms with van der Waals surface area (Å²) in [6, 6.07) is 6.12. The highest BCUT2D eigenvalue weighted by atomic mass is 32.2. The molecule has 0 aliphatic heterocycles. The van der Waals surface area contributed by atoms with Gasteiger partial charge in [0.2, 0.25) is 5.16 Å². The number of hydrogen-bond donors (Lipinski definition) is 1. The number of ether oxygens (including phenoxy) is 1. The molecule has 0 aliphatic rings. The standard InChI is InChI=1S/C12H13FN4O2S/c1-7(11(18)19-2)20-12-16-15-10(17(12)14)8-5-3-4-6-9(8)13/h3-7H,14H2,1-2H3/t7-/m1/s1. The molecule has 0 saturated heterocycles. The Labute approximate surface area is 119 Å². The van der Waals surface area contributed by atoms with Gasteiger partial charge in [-0.15, -0.1) is 10.2 Å². The lowest BCUT2D eigenvalue weighted by Gasteiger charge is -2.08. The third kappa shape index (κ3) is 2.74. The predicted molar refractivity (Wildman–Crippen MR) is 72.9 cm³/mol. The molecule has 2 aromatic rings. The van der Waals surface area contributed by atoms with Crippen LogP contribution in [0.25, 0.3) is 11.4 Å². The van der Waals surface area contributed by atoms with Gasteiger partial charge in [0, 0.05) is 0 Å². The maximum absolute atomic E-state index is 13.7. The van der Waals surface area contributed by atoms with Crippen molar-refractivity contribution in [1.82, 2.24) is 14.9 Å². The molecule has 8 heteroatoms. The minimum Gasteiger partial charge on any atom is -0.468 e. The topological polar surface area (TPSA) is 83.0 Å². The first kappa shape index (κ1) is 14.3. The number of esters is 1. The first-order valence-electron chi connectivity index (χ1n) is 5.74. The lowest BCUT2D eigenvalue weighted by Crippen LogP contribution is -2.18. The molecule has 0 spiro atoms. The summed E-state index contributed by atoms with van der Waals surface area (Å²) >= 11 is 1.09. The summed E-state index contributed by atoms with van der Waals surface area (Å²) in [5.41, 5.74) is 0.250. The van der Waals surface area contributed by atoms with Gasteiger partial charge in [0.15, 0.2) is 5.82 Å². The van der Waals surface area contributed by atoms with Gasteiger partial charge in [-0.1, -0.05) is 23.9 Å². The van der Waals surface area contributed by atoms with Crippen molar-refractivity contribution in [3.8, 4) is 11.4 Å². The smallest absolute Gasteiger partial charge is 0.318 e. The summed E-state index contributed by atoms with van der Waals surface area (Å²) in [6.45, 7) is 1.66. The van der Waals surface area contributed by atoms with Crippen LogP contribution in [0.5, 0.6) is 0 Å². The lowest BCUT2D eigenvalue weighted by atomic mass is 10.2. The molecule has 20 heavy (non-hydrogen) atoms. The number of hydrogen-bond acceptors (Lipinski definition) is 6. The van der Waals surface area contributed by atoms with Gasteiger partial charge in [0.1, 0.15) is 11.1 Å². The number of carbonyl (C=O) groups is 1. The number of aromatic nitrogens is 3. The Morgan fingerprint density at radius 3 is 2.80 bits per heavy atom. The van der Waals surface area contributed by atoms with Crippen LogP contribution < -0.4 is 5.84 Å². The van der Waals surface area contributed by atoms with E-state index in [1.807, 2.05) is 0 Å². The van der Waals surface area contributed by atoms with Gasteiger partial charge in [-0.2, -0.15) is 0 Å². The largest absolute Gasteiger partial charge is 0.468 e. The first-order chi connectivity index (χ1) is 9.54. The normalized spacial score (nSPS) is 12.2. The molecule has 0 saturated carbocycles. The quantitative estimate of drug-likeness (QED) is 0.522. The number of thioether (sulfide) groups is 1. The Bertz CT molecular complexity index is 632. The molecule has 6 nitrogen and oxygen atoms in total. The molecule has 2 rings (SSSR count). The summed E-state index contributed by atoms with van der Waals surface area (Å²) in [7, 11) is 1.30. The van der Waals surface area contributed by atoms with Crippen molar-refractivity contribution in [1.29, 1.82) is 0 Å². The molecule has 2 N–H and O–H groups in total. The highest BCUT2D eigenvalue weighted by Gasteiger charge is 2.21. The van der Waals surface area contributed by atoms with Gasteiger partial charge in [0.25, 0.3) is 0 Å². The number of nitrogens with two attached hydrogens (primary N) is 1. The highest BCUT2D eigenvalue weighted by Crippen LogP contribution is 2.26. The van der Waals surface area contributed by atoms with E-state index in [0.29, 0.717) is 5.16 Å². The number of nitrogens with zero attached hydrogens (tertiary/aromatic N) is 3. The summed E-state index contributed by atoms with van der Waals surface area (Å²) < 4.78 is 19.5. The van der Waals surface area contributed by atoms with Crippen molar-refractivity contribution in [2.75, 3.05) is 13.0 Å². The fourth-order valence-electron chi connectivity index (χ4n) is 1.56. The van der Waals surface area contributed by atoms with Crippen LogP contribution in [0.1, 0.15) is 6.92 Å². The van der Waals surface area contributed by atoms with E-state index in [-0.39, 0.29) is 11.4 Å². The second kappa shape index (κ2) is 5.91. The van der Waals surface area contributed by atoms with Gasteiger partial charge < -0.3 is 10.6 Å². The van der Waals surface area contributed by atoms with Crippen LogP contribution in [-0.2, 0) is 9.53 Å². The summed E-state index contributed by atoms with van der Waals surface area (Å²) in [4.78, 5) is 11.4. The first-order valence-corrected chi connectivity index (χ1v) is 6.62. The maximum atomic E-state index is 13.7. The minimum atomic E-state index is -0.486. The van der Waals surface area contributed by atoms with E-state index in [1.165, 1.54) is 13.2 Å². The van der Waals surface area contributed by atoms with Crippen LogP contribution in [-0.4, -0.2) is 33.2 Å². The highest BCUT2D eigenvalue weighted by molar-refractivity contribution is 8.00. The van der Waals surface area contributed by atoms with Crippen molar-refractivity contribution in [3.63, 3.8) is 0 Å². The Morgan fingerprint density at radius 2 is 2.15 bits per heavy atom. The number of rotatable bonds is 4. The van der Waals surface area contributed by atoms with Crippen molar-refractivity contribution >= 4 is 17.7 Å². The van der Waals surface area contributed by atoms with Gasteiger partial charge in [-0.05, 0) is 19.1 Å². The monoisotopic (exact) mass is 296 g/mol. The zero-order chi connectivity index (χ0) is 14.7. The summed E-state index contributed by atoms with van der Waals surface area (Å²) in [6.07, 6.45) is 0. The van der Waals surface area contributed by atoms with E-state index in [2.05, 4.69) is 14.9 Å². The van der Waals surface area contributed by atoms with Crippen LogP contribution >= 0.6 is 11.8 Å². The predicted octanol–water partition coefficient (Wildman–Crippen LogP) is 1.45. The molecule has 1 atom stereocenters. The molecule has 0 fully saturated rings. The molecule has 1 heterocycles. The second-order valence-corrected chi connectivity index (χ2v) is 5.25. The fourth-order valence-corrected chi connectivity index (χ4v) is 2.35. The number of carbonyl (C=O) groups excluding carboxylic acids is 1. The third-order valence-corrected chi connectivity index (χ3v) is 3.63. The minimum absolute atomic E-state index is 0.197. The zero-order valence-corrected chi connectivity index (χ0v) is 11.7. The van der Waals surface area contributed by atoms with E-state index in [4.69, 9.17) is 5.84 Å². The lowest BCUT2D eigenvalue weighted by molar-refractivity contribution is -0.139. The molecule has 1 aromatic carbocycles. The van der Waals surface area contributed by atoms with E-state index in [9.17, 15) is 9.18 Å². The number of benzene rings is 1. The molecule has 0 aliphatic carbocycles. The van der Waals surface area contributed by atoms with E-state index in [1.54, 1.807) is 25.1 Å².